The zero-order valence-electron chi connectivity index (χ0n) is 22.0. The first-order chi connectivity index (χ1) is 17.6. The van der Waals surface area contributed by atoms with Crippen LogP contribution in [0.1, 0.15) is 56.1 Å². The summed E-state index contributed by atoms with van der Waals surface area (Å²) in [5, 5.41) is 9.82. The highest BCUT2D eigenvalue weighted by atomic mass is 32.2. The van der Waals surface area contributed by atoms with E-state index < -0.39 is 9.84 Å². The van der Waals surface area contributed by atoms with Gasteiger partial charge in [-0.15, -0.1) is 0 Å². The minimum atomic E-state index is -3.48. The Morgan fingerprint density at radius 1 is 1.05 bits per heavy atom. The van der Waals surface area contributed by atoms with Gasteiger partial charge in [-0.1, -0.05) is 36.8 Å². The number of sulfone groups is 1. The smallest absolute Gasteiger partial charge is 0.317 e. The number of carbonyl (C=O) groups is 1. The minimum absolute atomic E-state index is 0.0981. The molecule has 1 spiro atoms. The Kier molecular flexibility index (Phi) is 6.57. The molecule has 7 nitrogen and oxygen atoms in total. The summed E-state index contributed by atoms with van der Waals surface area (Å²) in [6, 6.07) is 17.2. The maximum atomic E-state index is 14.0. The molecule has 0 unspecified atom stereocenters. The molecule has 0 N–H and O–H groups in total. The number of amides is 2. The molecule has 1 saturated heterocycles. The van der Waals surface area contributed by atoms with Gasteiger partial charge >= 0.3 is 6.03 Å². The second kappa shape index (κ2) is 9.45. The van der Waals surface area contributed by atoms with Crippen LogP contribution in [-0.4, -0.2) is 63.2 Å². The Hall–Kier alpha value is -2.89. The van der Waals surface area contributed by atoms with Gasteiger partial charge < -0.3 is 4.90 Å². The van der Waals surface area contributed by atoms with Crippen molar-refractivity contribution in [3.63, 3.8) is 0 Å². The molecule has 2 amide bonds. The first-order valence-electron chi connectivity index (χ1n) is 13.2. The van der Waals surface area contributed by atoms with Gasteiger partial charge in [0, 0.05) is 18.3 Å². The average molecular weight is 521 g/mol. The van der Waals surface area contributed by atoms with Crippen LogP contribution in [0.4, 0.5) is 10.5 Å². The van der Waals surface area contributed by atoms with E-state index in [0.717, 1.165) is 51.3 Å². The Morgan fingerprint density at radius 3 is 2.27 bits per heavy atom. The van der Waals surface area contributed by atoms with Crippen LogP contribution in [0.15, 0.2) is 53.4 Å². The van der Waals surface area contributed by atoms with E-state index in [0.29, 0.717) is 23.7 Å². The molecule has 3 aliphatic rings. The highest BCUT2D eigenvalue weighted by molar-refractivity contribution is 7.90. The zero-order valence-corrected chi connectivity index (χ0v) is 22.8. The minimum Gasteiger partial charge on any atom is -0.317 e. The van der Waals surface area contributed by atoms with Crippen LogP contribution in [0.5, 0.6) is 0 Å². The fourth-order valence-electron chi connectivity index (χ4n) is 6.55. The quantitative estimate of drug-likeness (QED) is 0.548. The molecule has 196 valence electrons. The van der Waals surface area contributed by atoms with Gasteiger partial charge in [-0.05, 0) is 82.3 Å². The van der Waals surface area contributed by atoms with E-state index in [4.69, 9.17) is 0 Å². The van der Waals surface area contributed by atoms with Gasteiger partial charge in [0.15, 0.2) is 9.84 Å². The number of hydrogen-bond acceptors (Lipinski definition) is 5. The summed E-state index contributed by atoms with van der Waals surface area (Å²) in [4.78, 5) is 20.2. The van der Waals surface area contributed by atoms with Crippen molar-refractivity contribution in [2.75, 3.05) is 38.3 Å². The molecule has 1 heterocycles. The van der Waals surface area contributed by atoms with Gasteiger partial charge in [0.1, 0.15) is 6.07 Å². The topological polar surface area (TPSA) is 84.7 Å². The highest BCUT2D eigenvalue weighted by Gasteiger charge is 2.55. The lowest BCUT2D eigenvalue weighted by molar-refractivity contribution is 0.0172. The van der Waals surface area contributed by atoms with Gasteiger partial charge in [0.2, 0.25) is 0 Å². The summed E-state index contributed by atoms with van der Waals surface area (Å²) in [6.07, 6.45) is 8.17. The molecule has 2 aromatic carbocycles. The molecule has 0 bridgehead atoms. The third-order valence-electron chi connectivity index (χ3n) is 9.14. The predicted octanol–water partition coefficient (Wildman–Crippen LogP) is 4.77. The molecule has 1 aliphatic heterocycles. The predicted molar refractivity (Wildman–Crippen MR) is 144 cm³/mol. The second-order valence-corrected chi connectivity index (χ2v) is 13.4. The maximum absolute atomic E-state index is 14.0. The van der Waals surface area contributed by atoms with E-state index in [1.807, 2.05) is 6.07 Å². The number of benzene rings is 2. The third kappa shape index (κ3) is 4.42. The van der Waals surface area contributed by atoms with Crippen molar-refractivity contribution in [1.29, 1.82) is 5.26 Å². The number of nitrogens with zero attached hydrogens (tertiary/aromatic N) is 4. The molecule has 3 fully saturated rings. The normalized spacial score (nSPS) is 26.5. The van der Waals surface area contributed by atoms with Crippen molar-refractivity contribution in [2.24, 2.45) is 5.92 Å². The molecular formula is C29H36N4O3S. The summed E-state index contributed by atoms with van der Waals surface area (Å²) in [6.45, 7) is 1.20. The van der Waals surface area contributed by atoms with E-state index in [1.54, 1.807) is 4.90 Å². The van der Waals surface area contributed by atoms with E-state index in [9.17, 15) is 18.5 Å². The second-order valence-electron chi connectivity index (χ2n) is 11.4. The van der Waals surface area contributed by atoms with Crippen molar-refractivity contribution < 1.29 is 13.2 Å². The molecule has 37 heavy (non-hydrogen) atoms. The number of carbonyl (C=O) groups excluding carboxylic acids is 1. The van der Waals surface area contributed by atoms with Gasteiger partial charge in [-0.25, -0.2) is 13.2 Å². The lowest BCUT2D eigenvalue weighted by Crippen LogP contribution is -2.56. The fourth-order valence-corrected chi connectivity index (χ4v) is 7.19. The molecule has 2 saturated carbocycles. The van der Waals surface area contributed by atoms with Crippen LogP contribution in [0.3, 0.4) is 0 Å². The van der Waals surface area contributed by atoms with Gasteiger partial charge in [-0.3, -0.25) is 9.80 Å². The molecule has 0 radical (unpaired) electrons. The van der Waals surface area contributed by atoms with Gasteiger partial charge in [-0.2, -0.15) is 5.26 Å². The summed E-state index contributed by atoms with van der Waals surface area (Å²) in [7, 11) is 0.796. The van der Waals surface area contributed by atoms with Crippen LogP contribution in [0.2, 0.25) is 0 Å². The largest absolute Gasteiger partial charge is 0.325 e. The van der Waals surface area contributed by atoms with Crippen LogP contribution in [-0.2, 0) is 15.4 Å². The zero-order chi connectivity index (χ0) is 26.4. The molecule has 2 aromatic rings. The SMILES string of the molecule is CN(C)[C@]1(c2ccccc2)CC[C@]2(CC1)CN(c1cc(S(C)(=O)=O)ccc1C#N)C(=O)N2CC1CCC1. The average Bonchev–Trinajstić information content (AvgIpc) is 3.12. The lowest BCUT2D eigenvalue weighted by Gasteiger charge is -2.51. The van der Waals surface area contributed by atoms with E-state index >= 15 is 0 Å². The van der Waals surface area contributed by atoms with Crippen molar-refractivity contribution >= 4 is 21.6 Å². The van der Waals surface area contributed by atoms with Crippen molar-refractivity contribution in [1.82, 2.24) is 9.80 Å². The maximum Gasteiger partial charge on any atom is 0.325 e. The molecule has 8 heteroatoms. The molecular weight excluding hydrogens is 484 g/mol. The van der Waals surface area contributed by atoms with E-state index in [2.05, 4.69) is 54.2 Å². The van der Waals surface area contributed by atoms with E-state index in [1.165, 1.54) is 30.2 Å². The standard InChI is InChI=1S/C29H36N4O3S/c1-31(2)29(24-10-5-4-6-11-24)16-14-28(15-17-29)21-32(27(34)33(28)20-22-8-7-9-22)26-18-25(37(3,35)36)13-12-23(26)19-30/h4-6,10-13,18,22H,7-9,14-17,20-21H2,1-3H3/t28-,29+. The Labute approximate surface area is 220 Å². The van der Waals surface area contributed by atoms with Crippen LogP contribution in [0, 0.1) is 17.2 Å². The number of anilines is 1. The Balaban J connectivity index is 1.52. The number of nitriles is 1. The van der Waals surface area contributed by atoms with Gasteiger partial charge in [0.05, 0.1) is 28.2 Å². The number of urea groups is 1. The van der Waals surface area contributed by atoms with Crippen LogP contribution < -0.4 is 4.90 Å². The lowest BCUT2D eigenvalue weighted by atomic mass is 9.68. The molecule has 5 rings (SSSR count). The molecule has 2 aliphatic carbocycles. The number of rotatable bonds is 6. The van der Waals surface area contributed by atoms with E-state index in [-0.39, 0.29) is 22.0 Å². The summed E-state index contributed by atoms with van der Waals surface area (Å²) >= 11 is 0. The molecule has 0 aromatic heterocycles. The summed E-state index contributed by atoms with van der Waals surface area (Å²) in [5.74, 6) is 0.508. The molecule has 0 atom stereocenters. The van der Waals surface area contributed by atoms with Crippen LogP contribution >= 0.6 is 0 Å². The van der Waals surface area contributed by atoms with Gasteiger partial charge in [0.25, 0.3) is 0 Å². The van der Waals surface area contributed by atoms with Crippen LogP contribution in [0.25, 0.3) is 0 Å². The van der Waals surface area contributed by atoms with Crippen molar-refractivity contribution in [2.45, 2.75) is 60.9 Å². The van der Waals surface area contributed by atoms with Crippen molar-refractivity contribution in [3.8, 4) is 6.07 Å². The first kappa shape index (κ1) is 25.7. The number of hydrogen-bond donors (Lipinski definition) is 0. The third-order valence-corrected chi connectivity index (χ3v) is 10.2. The fraction of sp³-hybridized carbons (Fsp3) is 0.517. The summed E-state index contributed by atoms with van der Waals surface area (Å²) < 4.78 is 24.6. The van der Waals surface area contributed by atoms with Crippen molar-refractivity contribution in [3.05, 3.63) is 59.7 Å². The Bertz CT molecular complexity index is 1320. The Morgan fingerprint density at radius 2 is 1.73 bits per heavy atom. The monoisotopic (exact) mass is 520 g/mol. The highest BCUT2D eigenvalue weighted by Crippen LogP contribution is 2.50. The summed E-state index contributed by atoms with van der Waals surface area (Å²) in [5.41, 5.74) is 1.59. The first-order valence-corrected chi connectivity index (χ1v) is 15.1.